The third kappa shape index (κ3) is 5.06. The Balaban J connectivity index is 1.39. The van der Waals surface area contributed by atoms with Crippen LogP contribution in [-0.2, 0) is 4.79 Å². The van der Waals surface area contributed by atoms with Crippen molar-refractivity contribution >= 4 is 11.6 Å². The number of nitrogens with zero attached hydrogens (tertiary/aromatic N) is 1. The summed E-state index contributed by atoms with van der Waals surface area (Å²) >= 11 is 0. The van der Waals surface area contributed by atoms with Crippen molar-refractivity contribution in [3.05, 3.63) is 96.1 Å². The van der Waals surface area contributed by atoms with E-state index >= 15 is 0 Å². The molecular formula is C26H30N3O2+. The summed E-state index contributed by atoms with van der Waals surface area (Å²) in [6, 6.07) is 29.3. The smallest absolute Gasteiger partial charge is 0.242 e. The van der Waals surface area contributed by atoms with Crippen molar-refractivity contribution in [1.82, 2.24) is 4.90 Å². The van der Waals surface area contributed by atoms with Gasteiger partial charge in [0, 0.05) is 11.1 Å². The molecule has 0 aliphatic carbocycles. The zero-order valence-corrected chi connectivity index (χ0v) is 18.0. The first-order chi connectivity index (χ1) is 15.3. The van der Waals surface area contributed by atoms with Crippen LogP contribution in [0.5, 0.6) is 5.75 Å². The van der Waals surface area contributed by atoms with Gasteiger partial charge in [-0.2, -0.15) is 0 Å². The summed E-state index contributed by atoms with van der Waals surface area (Å²) in [7, 11) is 1.64. The normalized spacial score (nSPS) is 14.5. The number of hydrogen-bond acceptors (Lipinski definition) is 3. The molecule has 1 aliphatic rings. The molecule has 3 aromatic rings. The monoisotopic (exact) mass is 416 g/mol. The van der Waals surface area contributed by atoms with Gasteiger partial charge in [-0.05, 0) is 12.1 Å². The van der Waals surface area contributed by atoms with Crippen molar-refractivity contribution in [3.63, 3.8) is 0 Å². The van der Waals surface area contributed by atoms with Gasteiger partial charge in [-0.1, -0.05) is 72.8 Å². The van der Waals surface area contributed by atoms with Crippen LogP contribution in [-0.4, -0.2) is 50.6 Å². The molecule has 31 heavy (non-hydrogen) atoms. The SMILES string of the molecule is COc1ccccc1NCC(=O)N1CC[NH+](C(c2ccccc2)c2ccccc2)CC1. The Morgan fingerprint density at radius 1 is 0.903 bits per heavy atom. The van der Waals surface area contributed by atoms with Gasteiger partial charge in [0.2, 0.25) is 5.91 Å². The van der Waals surface area contributed by atoms with E-state index in [1.165, 1.54) is 16.0 Å². The number of hydrogen-bond donors (Lipinski definition) is 2. The molecule has 1 heterocycles. The molecule has 5 nitrogen and oxygen atoms in total. The molecule has 0 saturated carbocycles. The number of methoxy groups -OCH3 is 1. The predicted octanol–water partition coefficient (Wildman–Crippen LogP) is 2.62. The van der Waals surface area contributed by atoms with Gasteiger partial charge >= 0.3 is 0 Å². The molecule has 1 saturated heterocycles. The van der Waals surface area contributed by atoms with E-state index in [1.54, 1.807) is 7.11 Å². The van der Waals surface area contributed by atoms with E-state index in [-0.39, 0.29) is 18.5 Å². The molecule has 2 N–H and O–H groups in total. The lowest BCUT2D eigenvalue weighted by atomic mass is 9.96. The molecule has 0 unspecified atom stereocenters. The fraction of sp³-hybridized carbons (Fsp3) is 0.269. The molecule has 1 fully saturated rings. The number of para-hydroxylation sites is 2. The number of quaternary nitrogens is 1. The molecule has 1 amide bonds. The molecule has 0 radical (unpaired) electrons. The van der Waals surface area contributed by atoms with Crippen LogP contribution in [0.3, 0.4) is 0 Å². The number of anilines is 1. The van der Waals surface area contributed by atoms with E-state index in [2.05, 4.69) is 66.0 Å². The molecule has 160 valence electrons. The second-order valence-corrected chi connectivity index (χ2v) is 7.85. The molecule has 0 atom stereocenters. The van der Waals surface area contributed by atoms with Gasteiger partial charge < -0.3 is 19.9 Å². The van der Waals surface area contributed by atoms with E-state index in [9.17, 15) is 4.79 Å². The fourth-order valence-electron chi connectivity index (χ4n) is 4.36. The average molecular weight is 417 g/mol. The van der Waals surface area contributed by atoms with Crippen LogP contribution in [0.1, 0.15) is 17.2 Å². The highest BCUT2D eigenvalue weighted by molar-refractivity contribution is 5.81. The highest BCUT2D eigenvalue weighted by atomic mass is 16.5. The molecule has 3 aromatic carbocycles. The predicted molar refractivity (Wildman–Crippen MR) is 123 cm³/mol. The Bertz CT molecular complexity index is 931. The number of carbonyl (C=O) groups is 1. The van der Waals surface area contributed by atoms with Crippen LogP contribution in [0.15, 0.2) is 84.9 Å². The fourth-order valence-corrected chi connectivity index (χ4v) is 4.36. The Hall–Kier alpha value is -3.31. The molecule has 4 rings (SSSR count). The molecule has 0 spiro atoms. The molecule has 0 aromatic heterocycles. The summed E-state index contributed by atoms with van der Waals surface area (Å²) in [6.07, 6.45) is 0. The van der Waals surface area contributed by atoms with Gasteiger partial charge in [-0.25, -0.2) is 0 Å². The molecular weight excluding hydrogens is 386 g/mol. The van der Waals surface area contributed by atoms with E-state index in [0.717, 1.165) is 37.6 Å². The van der Waals surface area contributed by atoms with Crippen molar-refractivity contribution in [2.45, 2.75) is 6.04 Å². The zero-order chi connectivity index (χ0) is 21.5. The lowest BCUT2D eigenvalue weighted by molar-refractivity contribution is -0.929. The minimum atomic E-state index is 0.126. The minimum Gasteiger partial charge on any atom is -0.495 e. The van der Waals surface area contributed by atoms with Crippen LogP contribution in [0.4, 0.5) is 5.69 Å². The summed E-state index contributed by atoms with van der Waals surface area (Å²) in [4.78, 5) is 16.3. The van der Waals surface area contributed by atoms with E-state index in [4.69, 9.17) is 4.74 Å². The highest BCUT2D eigenvalue weighted by Gasteiger charge is 2.31. The number of piperazine rings is 1. The van der Waals surface area contributed by atoms with Gasteiger partial charge in [-0.15, -0.1) is 0 Å². The van der Waals surface area contributed by atoms with Crippen LogP contribution < -0.4 is 15.0 Å². The van der Waals surface area contributed by atoms with Gasteiger partial charge in [0.1, 0.15) is 11.8 Å². The molecule has 1 aliphatic heterocycles. The number of benzene rings is 3. The summed E-state index contributed by atoms with van der Waals surface area (Å²) in [6.45, 7) is 3.65. The standard InChI is InChI=1S/C26H29N3O2/c1-31-24-15-9-8-14-23(24)27-20-25(30)28-16-18-29(19-17-28)26(21-10-4-2-5-11-21)22-12-6-3-7-13-22/h2-15,26-27H,16-20H2,1H3/p+1. The highest BCUT2D eigenvalue weighted by Crippen LogP contribution is 2.23. The van der Waals surface area contributed by atoms with Crippen molar-refractivity contribution in [3.8, 4) is 5.75 Å². The average Bonchev–Trinajstić information content (AvgIpc) is 2.84. The number of nitrogens with one attached hydrogen (secondary N) is 2. The van der Waals surface area contributed by atoms with E-state index < -0.39 is 0 Å². The van der Waals surface area contributed by atoms with E-state index in [1.807, 2.05) is 29.2 Å². The van der Waals surface area contributed by atoms with Crippen LogP contribution in [0, 0.1) is 0 Å². The lowest BCUT2D eigenvalue weighted by Gasteiger charge is -2.37. The third-order valence-electron chi connectivity index (χ3n) is 5.97. The second kappa shape index (κ2) is 10.1. The van der Waals surface area contributed by atoms with Crippen LogP contribution >= 0.6 is 0 Å². The number of rotatable bonds is 7. The summed E-state index contributed by atoms with van der Waals surface area (Å²) < 4.78 is 5.36. The summed E-state index contributed by atoms with van der Waals surface area (Å²) in [5.74, 6) is 0.874. The van der Waals surface area contributed by atoms with Gasteiger partial charge in [0.05, 0.1) is 45.5 Å². The summed E-state index contributed by atoms with van der Waals surface area (Å²) in [5, 5.41) is 3.22. The Morgan fingerprint density at radius 2 is 1.45 bits per heavy atom. The topological polar surface area (TPSA) is 46.0 Å². The van der Waals surface area contributed by atoms with Crippen molar-refractivity contribution in [2.75, 3.05) is 45.2 Å². The maximum absolute atomic E-state index is 12.8. The summed E-state index contributed by atoms with van der Waals surface area (Å²) in [5.41, 5.74) is 3.48. The number of carbonyl (C=O) groups excluding carboxylic acids is 1. The van der Waals surface area contributed by atoms with Crippen molar-refractivity contribution < 1.29 is 14.4 Å². The Labute approximate surface area is 184 Å². The zero-order valence-electron chi connectivity index (χ0n) is 18.0. The lowest BCUT2D eigenvalue weighted by Crippen LogP contribution is -3.15. The van der Waals surface area contributed by atoms with Crippen LogP contribution in [0.25, 0.3) is 0 Å². The maximum atomic E-state index is 12.8. The number of ether oxygens (including phenoxy) is 1. The first-order valence-electron chi connectivity index (χ1n) is 10.9. The maximum Gasteiger partial charge on any atom is 0.242 e. The van der Waals surface area contributed by atoms with E-state index in [0.29, 0.717) is 0 Å². The molecule has 5 heteroatoms. The largest absolute Gasteiger partial charge is 0.495 e. The first kappa shape index (κ1) is 20.9. The Kier molecular flexibility index (Phi) is 6.85. The van der Waals surface area contributed by atoms with Crippen LogP contribution in [0.2, 0.25) is 0 Å². The quantitative estimate of drug-likeness (QED) is 0.623. The van der Waals surface area contributed by atoms with Gasteiger partial charge in [-0.3, -0.25) is 4.79 Å². The Morgan fingerprint density at radius 3 is 2.03 bits per heavy atom. The van der Waals surface area contributed by atoms with Crippen molar-refractivity contribution in [2.24, 2.45) is 0 Å². The molecule has 0 bridgehead atoms. The van der Waals surface area contributed by atoms with Gasteiger partial charge in [0.15, 0.2) is 0 Å². The third-order valence-corrected chi connectivity index (χ3v) is 5.97. The minimum absolute atomic E-state index is 0.126. The number of amides is 1. The second-order valence-electron chi connectivity index (χ2n) is 7.85. The first-order valence-corrected chi connectivity index (χ1v) is 10.9. The van der Waals surface area contributed by atoms with Gasteiger partial charge in [0.25, 0.3) is 0 Å². The van der Waals surface area contributed by atoms with Crippen molar-refractivity contribution in [1.29, 1.82) is 0 Å².